The van der Waals surface area contributed by atoms with Crippen molar-refractivity contribution in [2.75, 3.05) is 26.0 Å². The van der Waals surface area contributed by atoms with Crippen LogP contribution in [-0.2, 0) is 16.1 Å². The molecule has 128 valence electrons. The van der Waals surface area contributed by atoms with E-state index in [0.717, 1.165) is 5.56 Å². The second kappa shape index (κ2) is 9.15. The first-order chi connectivity index (χ1) is 10.8. The molecule has 1 atom stereocenters. The lowest BCUT2D eigenvalue weighted by Gasteiger charge is -2.27. The lowest BCUT2D eigenvalue weighted by molar-refractivity contribution is -0.115. The second-order valence-corrected chi connectivity index (χ2v) is 5.93. The Balaban J connectivity index is 2.49. The molecule has 0 aliphatic rings. The van der Waals surface area contributed by atoms with Crippen molar-refractivity contribution in [3.63, 3.8) is 0 Å². The van der Waals surface area contributed by atoms with Crippen LogP contribution >= 0.6 is 0 Å². The lowest BCUT2D eigenvalue weighted by atomic mass is 10.1. The van der Waals surface area contributed by atoms with Gasteiger partial charge in [0.05, 0.1) is 6.54 Å². The third kappa shape index (κ3) is 6.28. The molecule has 1 aromatic carbocycles. The number of carbonyl (C=O) groups is 2. The van der Waals surface area contributed by atoms with Crippen LogP contribution in [0.4, 0.5) is 10.5 Å². The highest BCUT2D eigenvalue weighted by atomic mass is 16.6. The number of hydrogen-bond acceptors (Lipinski definition) is 4. The topological polar surface area (TPSA) is 70.7 Å². The van der Waals surface area contributed by atoms with Gasteiger partial charge in [0.15, 0.2) is 0 Å². The van der Waals surface area contributed by atoms with Gasteiger partial charge < -0.3 is 20.3 Å². The van der Waals surface area contributed by atoms with Crippen LogP contribution < -0.4 is 10.6 Å². The van der Waals surface area contributed by atoms with E-state index in [9.17, 15) is 9.59 Å². The summed E-state index contributed by atoms with van der Waals surface area (Å²) in [7, 11) is 3.46. The van der Waals surface area contributed by atoms with E-state index in [1.807, 2.05) is 19.1 Å². The Morgan fingerprint density at radius 2 is 1.78 bits per heavy atom. The number of benzene rings is 1. The third-order valence-electron chi connectivity index (χ3n) is 3.80. The van der Waals surface area contributed by atoms with E-state index in [4.69, 9.17) is 4.74 Å². The first-order valence-corrected chi connectivity index (χ1v) is 7.78. The van der Waals surface area contributed by atoms with Crippen LogP contribution in [0.5, 0.6) is 0 Å². The van der Waals surface area contributed by atoms with Crippen molar-refractivity contribution >= 4 is 17.7 Å². The Hall–Kier alpha value is -2.08. The molecule has 2 N–H and O–H groups in total. The van der Waals surface area contributed by atoms with Gasteiger partial charge in [0.1, 0.15) is 6.61 Å². The van der Waals surface area contributed by atoms with Gasteiger partial charge in [-0.05, 0) is 37.6 Å². The highest BCUT2D eigenvalue weighted by Crippen LogP contribution is 2.13. The number of amides is 2. The Morgan fingerprint density at radius 1 is 1.17 bits per heavy atom. The van der Waals surface area contributed by atoms with Crippen LogP contribution in [0.25, 0.3) is 0 Å². The Morgan fingerprint density at radius 3 is 2.30 bits per heavy atom. The van der Waals surface area contributed by atoms with E-state index >= 15 is 0 Å². The summed E-state index contributed by atoms with van der Waals surface area (Å²) in [5, 5.41) is 5.55. The first-order valence-electron chi connectivity index (χ1n) is 7.78. The average Bonchev–Trinajstić information content (AvgIpc) is 2.52. The smallest absolute Gasteiger partial charge is 0.410 e. The van der Waals surface area contributed by atoms with E-state index in [0.29, 0.717) is 11.6 Å². The molecule has 0 heterocycles. The molecular formula is C17H27N3O3. The Bertz CT molecular complexity index is 514. The number of rotatable bonds is 7. The van der Waals surface area contributed by atoms with Crippen LogP contribution in [0, 0.1) is 5.92 Å². The van der Waals surface area contributed by atoms with Gasteiger partial charge in [-0.3, -0.25) is 4.79 Å². The number of likely N-dealkylation sites (N-methyl/N-ethyl adjacent to an activating group) is 1. The second-order valence-electron chi connectivity index (χ2n) is 5.93. The molecule has 0 bridgehead atoms. The van der Waals surface area contributed by atoms with Gasteiger partial charge in [0.2, 0.25) is 5.91 Å². The summed E-state index contributed by atoms with van der Waals surface area (Å²) in [6.45, 7) is 6.60. The minimum absolute atomic E-state index is 0.101. The SMILES string of the molecule is CNCC(=O)Nc1ccc(COC(=O)N(C)C(C)C(C)C)cc1. The number of nitrogens with zero attached hydrogens (tertiary/aromatic N) is 1. The Kier molecular flexibility index (Phi) is 7.54. The highest BCUT2D eigenvalue weighted by Gasteiger charge is 2.19. The normalized spacial score (nSPS) is 11.9. The molecule has 2 amide bonds. The van der Waals surface area contributed by atoms with Gasteiger partial charge in [-0.2, -0.15) is 0 Å². The lowest BCUT2D eigenvalue weighted by Crippen LogP contribution is -2.38. The molecule has 1 unspecified atom stereocenters. The minimum atomic E-state index is -0.336. The molecule has 0 radical (unpaired) electrons. The fourth-order valence-corrected chi connectivity index (χ4v) is 1.91. The number of hydrogen-bond donors (Lipinski definition) is 2. The summed E-state index contributed by atoms with van der Waals surface area (Å²) in [6, 6.07) is 7.35. The maximum atomic E-state index is 12.0. The number of ether oxygens (including phenoxy) is 1. The molecule has 6 heteroatoms. The number of carbonyl (C=O) groups excluding carboxylic acids is 2. The van der Waals surface area contributed by atoms with E-state index < -0.39 is 0 Å². The van der Waals surface area contributed by atoms with Crippen molar-refractivity contribution in [3.8, 4) is 0 Å². The molecule has 6 nitrogen and oxygen atoms in total. The summed E-state index contributed by atoms with van der Waals surface area (Å²) < 4.78 is 5.31. The van der Waals surface area contributed by atoms with Crippen molar-refractivity contribution in [2.24, 2.45) is 5.92 Å². The predicted molar refractivity (Wildman–Crippen MR) is 91.2 cm³/mol. The summed E-state index contributed by atoms with van der Waals surface area (Å²) in [4.78, 5) is 25.1. The molecular weight excluding hydrogens is 294 g/mol. The van der Waals surface area contributed by atoms with Crippen LogP contribution in [0.2, 0.25) is 0 Å². The highest BCUT2D eigenvalue weighted by molar-refractivity contribution is 5.92. The number of nitrogens with one attached hydrogen (secondary N) is 2. The average molecular weight is 321 g/mol. The van der Waals surface area contributed by atoms with Crippen molar-refractivity contribution in [3.05, 3.63) is 29.8 Å². The third-order valence-corrected chi connectivity index (χ3v) is 3.80. The van der Waals surface area contributed by atoms with Gasteiger partial charge in [-0.25, -0.2) is 4.79 Å². The molecule has 1 rings (SSSR count). The van der Waals surface area contributed by atoms with Gasteiger partial charge in [-0.15, -0.1) is 0 Å². The van der Waals surface area contributed by atoms with E-state index in [1.54, 1.807) is 31.1 Å². The van der Waals surface area contributed by atoms with Crippen molar-refractivity contribution in [2.45, 2.75) is 33.4 Å². The zero-order valence-electron chi connectivity index (χ0n) is 14.6. The molecule has 0 fully saturated rings. The zero-order valence-corrected chi connectivity index (χ0v) is 14.6. The molecule has 0 aromatic heterocycles. The maximum Gasteiger partial charge on any atom is 0.410 e. The van der Waals surface area contributed by atoms with Crippen molar-refractivity contribution < 1.29 is 14.3 Å². The van der Waals surface area contributed by atoms with Gasteiger partial charge in [0.25, 0.3) is 0 Å². The number of anilines is 1. The quantitative estimate of drug-likeness (QED) is 0.809. The summed E-state index contributed by atoms with van der Waals surface area (Å²) in [5.74, 6) is 0.268. The fraction of sp³-hybridized carbons (Fsp3) is 0.529. The van der Waals surface area contributed by atoms with Crippen molar-refractivity contribution in [1.82, 2.24) is 10.2 Å². The maximum absolute atomic E-state index is 12.0. The van der Waals surface area contributed by atoms with Crippen LogP contribution in [0.1, 0.15) is 26.3 Å². The summed E-state index contributed by atoms with van der Waals surface area (Å²) in [6.07, 6.45) is -0.336. The van der Waals surface area contributed by atoms with E-state index in [-0.39, 0.29) is 31.2 Å². The molecule has 0 spiro atoms. The Labute approximate surface area is 138 Å². The van der Waals surface area contributed by atoms with Crippen molar-refractivity contribution in [1.29, 1.82) is 0 Å². The van der Waals surface area contributed by atoms with Gasteiger partial charge >= 0.3 is 6.09 Å². The fourth-order valence-electron chi connectivity index (χ4n) is 1.91. The first kappa shape index (κ1) is 19.0. The summed E-state index contributed by atoms with van der Waals surface area (Å²) >= 11 is 0. The summed E-state index contributed by atoms with van der Waals surface area (Å²) in [5.41, 5.74) is 1.58. The molecule has 0 saturated heterocycles. The van der Waals surface area contributed by atoms with Gasteiger partial charge in [-0.1, -0.05) is 26.0 Å². The molecule has 1 aromatic rings. The molecule has 23 heavy (non-hydrogen) atoms. The van der Waals surface area contributed by atoms with E-state index in [2.05, 4.69) is 24.5 Å². The van der Waals surface area contributed by atoms with Crippen LogP contribution in [0.15, 0.2) is 24.3 Å². The largest absolute Gasteiger partial charge is 0.445 e. The van der Waals surface area contributed by atoms with E-state index in [1.165, 1.54) is 0 Å². The minimum Gasteiger partial charge on any atom is -0.445 e. The molecule has 0 aliphatic heterocycles. The predicted octanol–water partition coefficient (Wildman–Crippen LogP) is 2.46. The standard InChI is InChI=1S/C17H27N3O3/c1-12(2)13(3)20(5)17(22)23-11-14-6-8-15(9-7-14)19-16(21)10-18-4/h6-9,12-13,18H,10-11H2,1-5H3,(H,19,21). The molecule has 0 aliphatic carbocycles. The zero-order chi connectivity index (χ0) is 17.4. The molecule has 0 saturated carbocycles. The monoisotopic (exact) mass is 321 g/mol. The van der Waals surface area contributed by atoms with Gasteiger partial charge in [0, 0.05) is 18.8 Å². The van der Waals surface area contributed by atoms with Crippen LogP contribution in [0.3, 0.4) is 0 Å². The van der Waals surface area contributed by atoms with Crippen LogP contribution in [-0.4, -0.2) is 43.6 Å².